The van der Waals surface area contributed by atoms with Crippen LogP contribution in [0.1, 0.15) is 40.5 Å². The van der Waals surface area contributed by atoms with Crippen molar-refractivity contribution in [1.29, 1.82) is 0 Å². The number of hydrazone groups is 1. The topological polar surface area (TPSA) is 91.0 Å². The van der Waals surface area contributed by atoms with Crippen LogP contribution >= 0.6 is 0 Å². The molecular formula is C22H32FN5O2. The van der Waals surface area contributed by atoms with Crippen molar-refractivity contribution >= 4 is 23.2 Å². The van der Waals surface area contributed by atoms with Crippen LogP contribution in [0.5, 0.6) is 0 Å². The van der Waals surface area contributed by atoms with E-state index in [4.69, 9.17) is 5.73 Å². The summed E-state index contributed by atoms with van der Waals surface area (Å²) >= 11 is 0. The van der Waals surface area contributed by atoms with E-state index in [1.165, 1.54) is 35.7 Å². The first-order valence-corrected chi connectivity index (χ1v) is 10.5. The lowest BCUT2D eigenvalue weighted by Gasteiger charge is -2.45. The van der Waals surface area contributed by atoms with E-state index in [1.807, 2.05) is 0 Å². The molecule has 0 radical (unpaired) electrons. The number of carbonyl (C=O) groups excluding carboxylic acids is 2. The Kier molecular flexibility index (Phi) is 6.45. The summed E-state index contributed by atoms with van der Waals surface area (Å²) in [6.45, 7) is 11.3. The van der Waals surface area contributed by atoms with Gasteiger partial charge in [-0.1, -0.05) is 13.8 Å². The molecule has 0 aliphatic carbocycles. The second-order valence-electron chi connectivity index (χ2n) is 9.34. The van der Waals surface area contributed by atoms with Crippen LogP contribution in [-0.4, -0.2) is 53.6 Å². The Hall–Kier alpha value is -2.48. The third-order valence-corrected chi connectivity index (χ3v) is 6.00. The summed E-state index contributed by atoms with van der Waals surface area (Å²) in [5.41, 5.74) is 6.08. The van der Waals surface area contributed by atoms with E-state index in [0.717, 1.165) is 13.1 Å². The molecule has 2 aliphatic rings. The summed E-state index contributed by atoms with van der Waals surface area (Å²) in [6, 6.07) is 4.82. The van der Waals surface area contributed by atoms with Crippen molar-refractivity contribution in [3.05, 3.63) is 30.1 Å². The van der Waals surface area contributed by atoms with Crippen molar-refractivity contribution in [2.24, 2.45) is 22.7 Å². The number of nitrogens with zero attached hydrogens (tertiary/aromatic N) is 3. The van der Waals surface area contributed by atoms with E-state index in [0.29, 0.717) is 24.1 Å². The van der Waals surface area contributed by atoms with Gasteiger partial charge in [-0.3, -0.25) is 19.5 Å². The van der Waals surface area contributed by atoms with E-state index in [9.17, 15) is 14.0 Å². The quantitative estimate of drug-likeness (QED) is 0.742. The minimum absolute atomic E-state index is 0.122. The molecule has 1 aromatic rings. The highest BCUT2D eigenvalue weighted by Gasteiger charge is 2.37. The van der Waals surface area contributed by atoms with Crippen molar-refractivity contribution < 1.29 is 14.0 Å². The number of carbonyl (C=O) groups is 2. The third-order valence-electron chi connectivity index (χ3n) is 6.00. The number of amides is 2. The highest BCUT2D eigenvalue weighted by Crippen LogP contribution is 2.27. The Morgan fingerprint density at radius 2 is 1.80 bits per heavy atom. The van der Waals surface area contributed by atoms with Gasteiger partial charge >= 0.3 is 0 Å². The minimum atomic E-state index is -0.770. The number of nitrogens with two attached hydrogens (primary N) is 1. The summed E-state index contributed by atoms with van der Waals surface area (Å²) in [7, 11) is 0. The zero-order chi connectivity index (χ0) is 22.1. The fourth-order valence-electron chi connectivity index (χ4n) is 4.37. The van der Waals surface area contributed by atoms with Crippen LogP contribution in [-0.2, 0) is 9.59 Å². The van der Waals surface area contributed by atoms with Crippen molar-refractivity contribution in [3.63, 3.8) is 0 Å². The van der Waals surface area contributed by atoms with Crippen LogP contribution in [0.25, 0.3) is 0 Å². The number of hydrogen-bond acceptors (Lipinski definition) is 5. The summed E-state index contributed by atoms with van der Waals surface area (Å²) in [6.07, 6.45) is 1.35. The summed E-state index contributed by atoms with van der Waals surface area (Å²) < 4.78 is 13.2. The van der Waals surface area contributed by atoms with Crippen molar-refractivity contribution in [3.8, 4) is 0 Å². The van der Waals surface area contributed by atoms with Gasteiger partial charge in [0, 0.05) is 31.6 Å². The summed E-state index contributed by atoms with van der Waals surface area (Å²) in [5, 5.41) is 8.71. The van der Waals surface area contributed by atoms with Crippen LogP contribution in [0.3, 0.4) is 0 Å². The first-order valence-electron chi connectivity index (χ1n) is 10.5. The Morgan fingerprint density at radius 3 is 2.37 bits per heavy atom. The molecule has 3 N–H and O–H groups in total. The lowest BCUT2D eigenvalue weighted by atomic mass is 9.88. The molecule has 30 heavy (non-hydrogen) atoms. The number of likely N-dealkylation sites (tertiary alicyclic amines) is 1. The molecule has 3 atom stereocenters. The van der Waals surface area contributed by atoms with E-state index < -0.39 is 11.9 Å². The zero-order valence-electron chi connectivity index (χ0n) is 18.2. The highest BCUT2D eigenvalue weighted by atomic mass is 19.1. The molecule has 164 valence electrons. The zero-order valence-corrected chi connectivity index (χ0v) is 18.2. The lowest BCUT2D eigenvalue weighted by Crippen LogP contribution is -2.56. The molecule has 0 saturated carbocycles. The van der Waals surface area contributed by atoms with E-state index in [1.54, 1.807) is 0 Å². The van der Waals surface area contributed by atoms with Gasteiger partial charge in [-0.2, -0.15) is 5.10 Å². The molecule has 2 heterocycles. The van der Waals surface area contributed by atoms with Crippen molar-refractivity contribution in [2.75, 3.05) is 24.6 Å². The number of hydrogen-bond donors (Lipinski definition) is 2. The van der Waals surface area contributed by atoms with Gasteiger partial charge in [-0.05, 0) is 56.4 Å². The fourth-order valence-corrected chi connectivity index (χ4v) is 4.37. The van der Waals surface area contributed by atoms with Crippen molar-refractivity contribution in [1.82, 2.24) is 10.2 Å². The predicted octanol–water partition coefficient (Wildman–Crippen LogP) is 2.12. The first-order chi connectivity index (χ1) is 14.1. The molecular weight excluding hydrogens is 385 g/mol. The maximum atomic E-state index is 13.2. The number of anilines is 1. The van der Waals surface area contributed by atoms with Crippen LogP contribution in [0.4, 0.5) is 10.1 Å². The summed E-state index contributed by atoms with van der Waals surface area (Å²) in [4.78, 5) is 27.1. The van der Waals surface area contributed by atoms with E-state index in [2.05, 4.69) is 43.0 Å². The molecule has 7 nitrogen and oxygen atoms in total. The molecule has 1 aromatic carbocycles. The normalized spacial score (nSPS) is 25.2. The standard InChI is InChI=1S/C22H32FN5O2/c1-14-9-15(2)12-27(11-14)22(3,4)13-25-21(30)18-10-19(20(24)29)28(26-18)17-7-5-16(23)6-8-17/h5-8,14-15,19H,9-13H2,1-4H3,(H2,24,29)(H,25,30). The van der Waals surface area contributed by atoms with E-state index in [-0.39, 0.29) is 29.4 Å². The van der Waals surface area contributed by atoms with Gasteiger partial charge in [0.1, 0.15) is 17.6 Å². The Bertz CT molecular complexity index is 813. The first kappa shape index (κ1) is 22.2. The fraction of sp³-hybridized carbons (Fsp3) is 0.591. The summed E-state index contributed by atoms with van der Waals surface area (Å²) in [5.74, 6) is -0.0225. The monoisotopic (exact) mass is 417 g/mol. The number of rotatable bonds is 6. The van der Waals surface area contributed by atoms with Gasteiger partial charge in [0.15, 0.2) is 0 Å². The van der Waals surface area contributed by atoms with Gasteiger partial charge in [0.05, 0.1) is 5.69 Å². The molecule has 2 aliphatic heterocycles. The smallest absolute Gasteiger partial charge is 0.267 e. The molecule has 3 rings (SSSR count). The number of benzene rings is 1. The van der Waals surface area contributed by atoms with Crippen LogP contribution < -0.4 is 16.1 Å². The maximum absolute atomic E-state index is 13.2. The molecule has 0 spiro atoms. The SMILES string of the molecule is CC1CC(C)CN(C(C)(C)CNC(=O)C2=NN(c3ccc(F)cc3)C(C(N)=O)C2)C1. The number of primary amides is 1. The van der Waals surface area contributed by atoms with Crippen LogP contribution in [0.2, 0.25) is 0 Å². The molecule has 0 bridgehead atoms. The molecule has 3 unspecified atom stereocenters. The van der Waals surface area contributed by atoms with Gasteiger partial charge in [0.2, 0.25) is 5.91 Å². The number of piperidine rings is 1. The predicted molar refractivity (Wildman–Crippen MR) is 116 cm³/mol. The largest absolute Gasteiger partial charge is 0.368 e. The highest BCUT2D eigenvalue weighted by molar-refractivity contribution is 6.40. The van der Waals surface area contributed by atoms with Crippen LogP contribution in [0.15, 0.2) is 29.4 Å². The molecule has 0 aromatic heterocycles. The molecule has 1 fully saturated rings. The van der Waals surface area contributed by atoms with Crippen LogP contribution in [0, 0.1) is 17.7 Å². The average molecular weight is 418 g/mol. The number of nitrogens with one attached hydrogen (secondary N) is 1. The third kappa shape index (κ3) is 4.98. The van der Waals surface area contributed by atoms with Gasteiger partial charge in [-0.25, -0.2) is 4.39 Å². The van der Waals surface area contributed by atoms with Gasteiger partial charge in [0.25, 0.3) is 5.91 Å². The van der Waals surface area contributed by atoms with Gasteiger partial charge < -0.3 is 11.1 Å². The lowest BCUT2D eigenvalue weighted by molar-refractivity contribution is -0.119. The minimum Gasteiger partial charge on any atom is -0.368 e. The maximum Gasteiger partial charge on any atom is 0.267 e. The number of halogens is 1. The van der Waals surface area contributed by atoms with Gasteiger partial charge in [-0.15, -0.1) is 0 Å². The second kappa shape index (κ2) is 8.71. The Labute approximate surface area is 177 Å². The molecule has 8 heteroatoms. The van der Waals surface area contributed by atoms with Crippen molar-refractivity contribution in [2.45, 2.75) is 52.1 Å². The molecule has 1 saturated heterocycles. The second-order valence-corrected chi connectivity index (χ2v) is 9.34. The van der Waals surface area contributed by atoms with E-state index >= 15 is 0 Å². The Balaban J connectivity index is 1.67. The molecule has 2 amide bonds. The Morgan fingerprint density at radius 1 is 1.20 bits per heavy atom. The average Bonchev–Trinajstić information content (AvgIpc) is 3.12.